The zero-order chi connectivity index (χ0) is 13.2. The minimum Gasteiger partial charge on any atom is -0.466 e. The first-order chi connectivity index (χ1) is 8.77. The van der Waals surface area contributed by atoms with E-state index in [2.05, 4.69) is 4.90 Å². The maximum Gasteiger partial charge on any atom is 0.309 e. The van der Waals surface area contributed by atoms with Crippen molar-refractivity contribution in [2.45, 2.75) is 26.2 Å². The summed E-state index contributed by atoms with van der Waals surface area (Å²) in [5.41, 5.74) is 0. The van der Waals surface area contributed by atoms with Gasteiger partial charge in [0.05, 0.1) is 25.7 Å². The molecule has 0 aromatic heterocycles. The SMILES string of the molecule is CCOC(=O)C(CC=O)CCCN1CCOCC1. The molecule has 1 unspecified atom stereocenters. The van der Waals surface area contributed by atoms with Crippen molar-refractivity contribution in [2.75, 3.05) is 39.5 Å². The van der Waals surface area contributed by atoms with Crippen LogP contribution in [-0.4, -0.2) is 56.6 Å². The first kappa shape index (κ1) is 15.1. The smallest absolute Gasteiger partial charge is 0.309 e. The lowest BCUT2D eigenvalue weighted by atomic mass is 10.00. The van der Waals surface area contributed by atoms with Crippen LogP contribution in [0.4, 0.5) is 0 Å². The molecule has 0 aliphatic carbocycles. The van der Waals surface area contributed by atoms with Crippen LogP contribution >= 0.6 is 0 Å². The van der Waals surface area contributed by atoms with Crippen molar-refractivity contribution in [1.82, 2.24) is 4.90 Å². The van der Waals surface area contributed by atoms with E-state index >= 15 is 0 Å². The highest BCUT2D eigenvalue weighted by molar-refractivity contribution is 5.75. The average molecular weight is 257 g/mol. The molecule has 0 N–H and O–H groups in total. The third-order valence-corrected chi connectivity index (χ3v) is 3.13. The zero-order valence-corrected chi connectivity index (χ0v) is 11.1. The maximum absolute atomic E-state index is 11.6. The number of hydrogen-bond donors (Lipinski definition) is 0. The maximum atomic E-state index is 11.6. The summed E-state index contributed by atoms with van der Waals surface area (Å²) < 4.78 is 10.2. The lowest BCUT2D eigenvalue weighted by Crippen LogP contribution is -2.37. The van der Waals surface area contributed by atoms with Gasteiger partial charge >= 0.3 is 5.97 Å². The lowest BCUT2D eigenvalue weighted by Gasteiger charge is -2.26. The summed E-state index contributed by atoms with van der Waals surface area (Å²) in [4.78, 5) is 24.5. The molecule has 1 heterocycles. The van der Waals surface area contributed by atoms with Gasteiger partial charge in [0.25, 0.3) is 0 Å². The van der Waals surface area contributed by atoms with E-state index < -0.39 is 0 Å². The van der Waals surface area contributed by atoms with Gasteiger partial charge in [0, 0.05) is 19.5 Å². The Kier molecular flexibility index (Phi) is 7.60. The van der Waals surface area contributed by atoms with Crippen LogP contribution in [0.5, 0.6) is 0 Å². The van der Waals surface area contributed by atoms with Crippen molar-refractivity contribution in [3.8, 4) is 0 Å². The molecule has 0 spiro atoms. The third-order valence-electron chi connectivity index (χ3n) is 3.13. The molecule has 0 aromatic rings. The normalized spacial score (nSPS) is 18.3. The molecular formula is C13H23NO4. The van der Waals surface area contributed by atoms with Crippen LogP contribution in [0.3, 0.4) is 0 Å². The van der Waals surface area contributed by atoms with Gasteiger partial charge in [-0.3, -0.25) is 9.69 Å². The van der Waals surface area contributed by atoms with Crippen molar-refractivity contribution in [3.63, 3.8) is 0 Å². The van der Waals surface area contributed by atoms with E-state index in [1.165, 1.54) is 0 Å². The molecule has 1 rings (SSSR count). The van der Waals surface area contributed by atoms with E-state index in [4.69, 9.17) is 9.47 Å². The molecule has 0 radical (unpaired) electrons. The van der Waals surface area contributed by atoms with Gasteiger partial charge in [-0.2, -0.15) is 0 Å². The first-order valence-electron chi connectivity index (χ1n) is 6.68. The van der Waals surface area contributed by atoms with Gasteiger partial charge in [-0.25, -0.2) is 0 Å². The molecular weight excluding hydrogens is 234 g/mol. The minimum atomic E-state index is -0.275. The summed E-state index contributed by atoms with van der Waals surface area (Å²) in [7, 11) is 0. The summed E-state index contributed by atoms with van der Waals surface area (Å²) >= 11 is 0. The van der Waals surface area contributed by atoms with Crippen molar-refractivity contribution >= 4 is 12.3 Å². The van der Waals surface area contributed by atoms with Crippen LogP contribution in [0.15, 0.2) is 0 Å². The molecule has 1 atom stereocenters. The van der Waals surface area contributed by atoms with Crippen LogP contribution in [-0.2, 0) is 19.1 Å². The molecule has 0 saturated carbocycles. The quantitative estimate of drug-likeness (QED) is 0.477. The van der Waals surface area contributed by atoms with Crippen LogP contribution in [0.1, 0.15) is 26.2 Å². The number of aldehydes is 1. The standard InChI is InChI=1S/C13H23NO4/c1-2-18-13(16)12(5-9-15)4-3-6-14-7-10-17-11-8-14/h9,12H,2-8,10-11H2,1H3. The Morgan fingerprint density at radius 2 is 2.17 bits per heavy atom. The summed E-state index contributed by atoms with van der Waals surface area (Å²) in [6.07, 6.45) is 2.70. The van der Waals surface area contributed by atoms with Gasteiger partial charge in [-0.1, -0.05) is 0 Å². The largest absolute Gasteiger partial charge is 0.466 e. The second-order valence-corrected chi connectivity index (χ2v) is 4.45. The molecule has 104 valence electrons. The number of morpholine rings is 1. The molecule has 18 heavy (non-hydrogen) atoms. The Labute approximate surface area is 108 Å². The number of carbonyl (C=O) groups is 2. The molecule has 0 bridgehead atoms. The minimum absolute atomic E-state index is 0.244. The van der Waals surface area contributed by atoms with E-state index in [-0.39, 0.29) is 18.3 Å². The van der Waals surface area contributed by atoms with E-state index in [1.54, 1.807) is 6.92 Å². The van der Waals surface area contributed by atoms with Crippen molar-refractivity contribution in [2.24, 2.45) is 5.92 Å². The lowest BCUT2D eigenvalue weighted by molar-refractivity contribution is -0.149. The summed E-state index contributed by atoms with van der Waals surface area (Å²) in [6.45, 7) is 6.60. The Bertz CT molecular complexity index is 251. The second-order valence-electron chi connectivity index (χ2n) is 4.45. The topological polar surface area (TPSA) is 55.8 Å². The molecule has 1 aliphatic heterocycles. The molecule has 1 fully saturated rings. The predicted octanol–water partition coefficient (Wildman–Crippen LogP) is 0.867. The van der Waals surface area contributed by atoms with Crippen LogP contribution in [0.2, 0.25) is 0 Å². The van der Waals surface area contributed by atoms with Crippen LogP contribution in [0, 0.1) is 5.92 Å². The highest BCUT2D eigenvalue weighted by Gasteiger charge is 2.19. The second kappa shape index (κ2) is 9.05. The van der Waals surface area contributed by atoms with Gasteiger partial charge in [-0.05, 0) is 26.3 Å². The number of rotatable bonds is 8. The van der Waals surface area contributed by atoms with Crippen molar-refractivity contribution in [3.05, 3.63) is 0 Å². The number of hydrogen-bond acceptors (Lipinski definition) is 5. The van der Waals surface area contributed by atoms with Gasteiger partial charge in [-0.15, -0.1) is 0 Å². The predicted molar refractivity (Wildman–Crippen MR) is 67.3 cm³/mol. The molecule has 1 aliphatic rings. The van der Waals surface area contributed by atoms with Crippen LogP contribution in [0.25, 0.3) is 0 Å². The molecule has 0 amide bonds. The zero-order valence-electron chi connectivity index (χ0n) is 11.1. The monoisotopic (exact) mass is 257 g/mol. The Morgan fingerprint density at radius 1 is 1.44 bits per heavy atom. The summed E-state index contributed by atoms with van der Waals surface area (Å²) in [6, 6.07) is 0. The molecule has 0 aromatic carbocycles. The fraction of sp³-hybridized carbons (Fsp3) is 0.846. The highest BCUT2D eigenvalue weighted by Crippen LogP contribution is 2.13. The van der Waals surface area contributed by atoms with Gasteiger partial charge in [0.15, 0.2) is 0 Å². The first-order valence-corrected chi connectivity index (χ1v) is 6.68. The number of carbonyl (C=O) groups excluding carboxylic acids is 2. The molecule has 5 nitrogen and oxygen atoms in total. The number of nitrogens with zero attached hydrogens (tertiary/aromatic N) is 1. The summed E-state index contributed by atoms with van der Waals surface area (Å²) in [5, 5.41) is 0. The Morgan fingerprint density at radius 3 is 2.78 bits per heavy atom. The van der Waals surface area contributed by atoms with Crippen molar-refractivity contribution < 1.29 is 19.1 Å². The number of ether oxygens (including phenoxy) is 2. The van der Waals surface area contributed by atoms with Gasteiger partial charge in [0.1, 0.15) is 6.29 Å². The fourth-order valence-corrected chi connectivity index (χ4v) is 2.09. The van der Waals surface area contributed by atoms with E-state index in [9.17, 15) is 9.59 Å². The Balaban J connectivity index is 2.23. The fourth-order valence-electron chi connectivity index (χ4n) is 2.09. The Hall–Kier alpha value is -0.940. The van der Waals surface area contributed by atoms with Gasteiger partial charge in [0.2, 0.25) is 0 Å². The van der Waals surface area contributed by atoms with E-state index in [1.807, 2.05) is 0 Å². The summed E-state index contributed by atoms with van der Waals surface area (Å²) in [5.74, 6) is -0.518. The van der Waals surface area contributed by atoms with E-state index in [0.29, 0.717) is 6.61 Å². The number of esters is 1. The molecule has 5 heteroatoms. The average Bonchev–Trinajstić information content (AvgIpc) is 2.39. The molecule has 1 saturated heterocycles. The highest BCUT2D eigenvalue weighted by atomic mass is 16.5. The van der Waals surface area contributed by atoms with E-state index in [0.717, 1.165) is 52.0 Å². The van der Waals surface area contributed by atoms with Gasteiger partial charge < -0.3 is 14.3 Å². The third kappa shape index (κ3) is 5.60. The van der Waals surface area contributed by atoms with Crippen molar-refractivity contribution in [1.29, 1.82) is 0 Å². The van der Waals surface area contributed by atoms with Crippen LogP contribution < -0.4 is 0 Å².